The molecule has 0 aliphatic heterocycles. The third-order valence-electron chi connectivity index (χ3n) is 2.06. The second kappa shape index (κ2) is 6.07. The Balaban J connectivity index is 2.46. The number of ether oxygens (including phenoxy) is 1. The summed E-state index contributed by atoms with van der Waals surface area (Å²) in [4.78, 5) is 15.5. The highest BCUT2D eigenvalue weighted by atomic mass is 16.5. The Bertz CT molecular complexity index is 329. The molecule has 2 atom stereocenters. The Morgan fingerprint density at radius 1 is 1.62 bits per heavy atom. The number of aromatic nitrogens is 1. The highest BCUT2D eigenvalue weighted by Gasteiger charge is 2.15. The standard InChI is InChI=1S/C11H17N3O2/c1-8(6-12)14-11(15)9(2)16-10-4-3-5-13-7-10/h3-5,7-9H,6,12H2,1-2H3,(H,14,15)/t8-,9?/m0/s1. The molecule has 0 radical (unpaired) electrons. The Kier molecular flexibility index (Phi) is 4.72. The number of carbonyl (C=O) groups excluding carboxylic acids is 1. The minimum absolute atomic E-state index is 0.0487. The normalized spacial score (nSPS) is 13.9. The Hall–Kier alpha value is -1.62. The van der Waals surface area contributed by atoms with Gasteiger partial charge in [-0.05, 0) is 26.0 Å². The highest BCUT2D eigenvalue weighted by Crippen LogP contribution is 2.08. The molecule has 0 spiro atoms. The maximum absolute atomic E-state index is 11.6. The molecule has 1 unspecified atom stereocenters. The molecule has 1 aromatic rings. The van der Waals surface area contributed by atoms with E-state index < -0.39 is 6.10 Å². The third-order valence-corrected chi connectivity index (χ3v) is 2.06. The summed E-state index contributed by atoms with van der Waals surface area (Å²) in [6.45, 7) is 3.94. The fourth-order valence-corrected chi connectivity index (χ4v) is 1.09. The van der Waals surface area contributed by atoms with Crippen molar-refractivity contribution >= 4 is 5.91 Å². The van der Waals surface area contributed by atoms with E-state index in [9.17, 15) is 4.79 Å². The van der Waals surface area contributed by atoms with Crippen molar-refractivity contribution in [3.63, 3.8) is 0 Å². The average Bonchev–Trinajstić information content (AvgIpc) is 2.30. The van der Waals surface area contributed by atoms with Crippen LogP contribution in [0.3, 0.4) is 0 Å². The fraction of sp³-hybridized carbons (Fsp3) is 0.455. The summed E-state index contributed by atoms with van der Waals surface area (Å²) in [6, 6.07) is 3.46. The zero-order valence-electron chi connectivity index (χ0n) is 9.51. The molecule has 16 heavy (non-hydrogen) atoms. The van der Waals surface area contributed by atoms with Crippen molar-refractivity contribution in [3.05, 3.63) is 24.5 Å². The Morgan fingerprint density at radius 3 is 2.94 bits per heavy atom. The van der Waals surface area contributed by atoms with Crippen LogP contribution >= 0.6 is 0 Å². The zero-order valence-corrected chi connectivity index (χ0v) is 9.51. The van der Waals surface area contributed by atoms with E-state index in [1.807, 2.05) is 6.92 Å². The second-order valence-electron chi connectivity index (χ2n) is 3.59. The average molecular weight is 223 g/mol. The summed E-state index contributed by atoms with van der Waals surface area (Å²) in [5.41, 5.74) is 5.41. The molecular formula is C11H17N3O2. The number of nitrogens with zero attached hydrogens (tertiary/aromatic N) is 1. The van der Waals surface area contributed by atoms with Crippen LogP contribution in [-0.4, -0.2) is 29.6 Å². The van der Waals surface area contributed by atoms with E-state index in [0.29, 0.717) is 12.3 Å². The summed E-state index contributed by atoms with van der Waals surface area (Å²) in [7, 11) is 0. The van der Waals surface area contributed by atoms with Crippen molar-refractivity contribution in [3.8, 4) is 5.75 Å². The van der Waals surface area contributed by atoms with Gasteiger partial charge < -0.3 is 15.8 Å². The highest BCUT2D eigenvalue weighted by molar-refractivity contribution is 5.80. The number of pyridine rings is 1. The van der Waals surface area contributed by atoms with E-state index in [2.05, 4.69) is 10.3 Å². The molecule has 0 saturated heterocycles. The van der Waals surface area contributed by atoms with Crippen molar-refractivity contribution in [2.24, 2.45) is 5.73 Å². The second-order valence-corrected chi connectivity index (χ2v) is 3.59. The summed E-state index contributed by atoms with van der Waals surface area (Å²) in [5, 5.41) is 2.74. The molecule has 1 aromatic heterocycles. The molecule has 3 N–H and O–H groups in total. The molecule has 1 amide bonds. The number of nitrogens with one attached hydrogen (secondary N) is 1. The van der Waals surface area contributed by atoms with E-state index >= 15 is 0 Å². The SMILES string of the molecule is CC(Oc1cccnc1)C(=O)N[C@@H](C)CN. The molecule has 0 aromatic carbocycles. The molecule has 0 fully saturated rings. The largest absolute Gasteiger partial charge is 0.479 e. The topological polar surface area (TPSA) is 77.2 Å². The third kappa shape index (κ3) is 3.86. The van der Waals surface area contributed by atoms with Gasteiger partial charge in [-0.15, -0.1) is 0 Å². The molecule has 5 heteroatoms. The van der Waals surface area contributed by atoms with Crippen LogP contribution in [-0.2, 0) is 4.79 Å². The molecule has 5 nitrogen and oxygen atoms in total. The van der Waals surface area contributed by atoms with Crippen LogP contribution in [0, 0.1) is 0 Å². The van der Waals surface area contributed by atoms with Crippen LogP contribution in [0.5, 0.6) is 5.75 Å². The summed E-state index contributed by atoms with van der Waals surface area (Å²) < 4.78 is 5.41. The lowest BCUT2D eigenvalue weighted by atomic mass is 10.3. The minimum Gasteiger partial charge on any atom is -0.479 e. The predicted octanol–water partition coefficient (Wildman–Crippen LogP) is 0.312. The quantitative estimate of drug-likeness (QED) is 0.753. The number of nitrogens with two attached hydrogens (primary N) is 1. The van der Waals surface area contributed by atoms with E-state index in [1.54, 1.807) is 31.5 Å². The van der Waals surface area contributed by atoms with Crippen LogP contribution in [0.1, 0.15) is 13.8 Å². The van der Waals surface area contributed by atoms with Crippen LogP contribution in [0.4, 0.5) is 0 Å². The first kappa shape index (κ1) is 12.4. The maximum atomic E-state index is 11.6. The van der Waals surface area contributed by atoms with E-state index in [-0.39, 0.29) is 11.9 Å². The van der Waals surface area contributed by atoms with Gasteiger partial charge in [0, 0.05) is 18.8 Å². The molecule has 1 rings (SSSR count). The van der Waals surface area contributed by atoms with Gasteiger partial charge in [-0.3, -0.25) is 9.78 Å². The van der Waals surface area contributed by atoms with Gasteiger partial charge in [0.05, 0.1) is 6.20 Å². The van der Waals surface area contributed by atoms with Crippen molar-refractivity contribution in [1.82, 2.24) is 10.3 Å². The smallest absolute Gasteiger partial charge is 0.261 e. The lowest BCUT2D eigenvalue weighted by Crippen LogP contribution is -2.44. The first-order valence-corrected chi connectivity index (χ1v) is 5.20. The monoisotopic (exact) mass is 223 g/mol. The molecule has 88 valence electrons. The summed E-state index contributed by atoms with van der Waals surface area (Å²) >= 11 is 0. The van der Waals surface area contributed by atoms with E-state index in [4.69, 9.17) is 10.5 Å². The van der Waals surface area contributed by atoms with E-state index in [0.717, 1.165) is 0 Å². The van der Waals surface area contributed by atoms with Crippen LogP contribution in [0.25, 0.3) is 0 Å². The molecule has 1 heterocycles. The van der Waals surface area contributed by atoms with Gasteiger partial charge in [0.2, 0.25) is 0 Å². The van der Waals surface area contributed by atoms with Crippen LogP contribution in [0.2, 0.25) is 0 Å². The summed E-state index contributed by atoms with van der Waals surface area (Å²) in [5.74, 6) is 0.396. The van der Waals surface area contributed by atoms with E-state index in [1.165, 1.54) is 0 Å². The Morgan fingerprint density at radius 2 is 2.38 bits per heavy atom. The van der Waals surface area contributed by atoms with Crippen molar-refractivity contribution < 1.29 is 9.53 Å². The lowest BCUT2D eigenvalue weighted by Gasteiger charge is -2.17. The van der Waals surface area contributed by atoms with Crippen molar-refractivity contribution in [2.75, 3.05) is 6.54 Å². The van der Waals surface area contributed by atoms with Gasteiger partial charge in [0.1, 0.15) is 5.75 Å². The molecule has 0 saturated carbocycles. The maximum Gasteiger partial charge on any atom is 0.261 e. The Labute approximate surface area is 95.0 Å². The number of hydrogen-bond acceptors (Lipinski definition) is 4. The molecule has 0 aliphatic carbocycles. The van der Waals surface area contributed by atoms with Gasteiger partial charge in [0.15, 0.2) is 6.10 Å². The van der Waals surface area contributed by atoms with Crippen molar-refractivity contribution in [2.45, 2.75) is 26.0 Å². The fourth-order valence-electron chi connectivity index (χ4n) is 1.09. The van der Waals surface area contributed by atoms with Crippen LogP contribution in [0.15, 0.2) is 24.5 Å². The van der Waals surface area contributed by atoms with Gasteiger partial charge in [0.25, 0.3) is 5.91 Å². The first-order valence-electron chi connectivity index (χ1n) is 5.20. The van der Waals surface area contributed by atoms with Gasteiger partial charge in [-0.2, -0.15) is 0 Å². The molecule has 0 bridgehead atoms. The lowest BCUT2D eigenvalue weighted by molar-refractivity contribution is -0.127. The molecular weight excluding hydrogens is 206 g/mol. The zero-order chi connectivity index (χ0) is 12.0. The number of rotatable bonds is 5. The first-order chi connectivity index (χ1) is 7.63. The van der Waals surface area contributed by atoms with Gasteiger partial charge >= 0.3 is 0 Å². The van der Waals surface area contributed by atoms with Gasteiger partial charge in [-0.1, -0.05) is 0 Å². The summed E-state index contributed by atoms with van der Waals surface area (Å²) in [6.07, 6.45) is 2.66. The van der Waals surface area contributed by atoms with Crippen molar-refractivity contribution in [1.29, 1.82) is 0 Å². The van der Waals surface area contributed by atoms with Crippen LogP contribution < -0.4 is 15.8 Å². The van der Waals surface area contributed by atoms with Gasteiger partial charge in [-0.25, -0.2) is 0 Å². The predicted molar refractivity (Wildman–Crippen MR) is 61.0 cm³/mol. The molecule has 0 aliphatic rings. The number of amides is 1. The number of carbonyl (C=O) groups is 1. The minimum atomic E-state index is -0.557. The number of hydrogen-bond donors (Lipinski definition) is 2.